The van der Waals surface area contributed by atoms with Gasteiger partial charge in [-0.3, -0.25) is 4.79 Å². The Balaban J connectivity index is 2.53. The van der Waals surface area contributed by atoms with Gasteiger partial charge in [0.15, 0.2) is 6.29 Å². The van der Waals surface area contributed by atoms with Gasteiger partial charge in [0.25, 0.3) is 0 Å². The molecule has 0 fully saturated rings. The SMILES string of the molecule is Cc1nc(C=O)cc(-c2ccccc2)n1. The maximum Gasteiger partial charge on any atom is 0.168 e. The molecule has 74 valence electrons. The van der Waals surface area contributed by atoms with E-state index in [0.29, 0.717) is 11.5 Å². The second-order valence-electron chi connectivity index (χ2n) is 3.21. The highest BCUT2D eigenvalue weighted by atomic mass is 16.1. The molecule has 0 amide bonds. The number of aryl methyl sites for hydroxylation is 1. The van der Waals surface area contributed by atoms with Gasteiger partial charge in [-0.25, -0.2) is 9.97 Å². The standard InChI is InChI=1S/C12H10N2O/c1-9-13-11(8-15)7-12(14-9)10-5-3-2-4-6-10/h2-8H,1H3. The minimum atomic E-state index is 0.418. The van der Waals surface area contributed by atoms with Gasteiger partial charge in [-0.15, -0.1) is 0 Å². The van der Waals surface area contributed by atoms with Gasteiger partial charge >= 0.3 is 0 Å². The molecule has 15 heavy (non-hydrogen) atoms. The molecule has 0 aliphatic rings. The second kappa shape index (κ2) is 4.00. The molecule has 0 radical (unpaired) electrons. The van der Waals surface area contributed by atoms with Crippen molar-refractivity contribution in [3.05, 3.63) is 47.9 Å². The highest BCUT2D eigenvalue weighted by molar-refractivity contribution is 5.74. The molecule has 1 aromatic carbocycles. The Morgan fingerprint density at radius 3 is 2.53 bits per heavy atom. The van der Waals surface area contributed by atoms with E-state index in [4.69, 9.17) is 0 Å². The topological polar surface area (TPSA) is 42.9 Å². The third kappa shape index (κ3) is 2.07. The van der Waals surface area contributed by atoms with Gasteiger partial charge in [0.05, 0.1) is 5.69 Å². The first kappa shape index (κ1) is 9.52. The van der Waals surface area contributed by atoms with Crippen LogP contribution >= 0.6 is 0 Å². The van der Waals surface area contributed by atoms with E-state index in [-0.39, 0.29) is 0 Å². The molecule has 2 rings (SSSR count). The summed E-state index contributed by atoms with van der Waals surface area (Å²) < 4.78 is 0. The minimum Gasteiger partial charge on any atom is -0.296 e. The fraction of sp³-hybridized carbons (Fsp3) is 0.0833. The van der Waals surface area contributed by atoms with Crippen LogP contribution in [0.3, 0.4) is 0 Å². The van der Waals surface area contributed by atoms with Gasteiger partial charge in [0, 0.05) is 5.56 Å². The van der Waals surface area contributed by atoms with Crippen molar-refractivity contribution in [2.24, 2.45) is 0 Å². The molecule has 0 bridgehead atoms. The van der Waals surface area contributed by atoms with Gasteiger partial charge in [-0.05, 0) is 13.0 Å². The van der Waals surface area contributed by atoms with Crippen molar-refractivity contribution < 1.29 is 4.79 Å². The van der Waals surface area contributed by atoms with Crippen LogP contribution in [-0.2, 0) is 0 Å². The van der Waals surface area contributed by atoms with Crippen molar-refractivity contribution >= 4 is 6.29 Å². The van der Waals surface area contributed by atoms with Crippen molar-refractivity contribution in [2.45, 2.75) is 6.92 Å². The Bertz CT molecular complexity index is 480. The molecule has 3 heteroatoms. The van der Waals surface area contributed by atoms with Gasteiger partial charge < -0.3 is 0 Å². The van der Waals surface area contributed by atoms with Crippen LogP contribution in [-0.4, -0.2) is 16.3 Å². The predicted molar refractivity (Wildman–Crippen MR) is 57.6 cm³/mol. The Morgan fingerprint density at radius 2 is 1.87 bits per heavy atom. The Morgan fingerprint density at radius 1 is 1.13 bits per heavy atom. The second-order valence-corrected chi connectivity index (χ2v) is 3.21. The fourth-order valence-electron chi connectivity index (χ4n) is 1.41. The largest absolute Gasteiger partial charge is 0.296 e. The summed E-state index contributed by atoms with van der Waals surface area (Å²) in [6.45, 7) is 1.78. The molecule has 1 aromatic heterocycles. The number of carbonyl (C=O) groups excluding carboxylic acids is 1. The van der Waals surface area contributed by atoms with E-state index >= 15 is 0 Å². The summed E-state index contributed by atoms with van der Waals surface area (Å²) in [6, 6.07) is 11.4. The van der Waals surface area contributed by atoms with E-state index in [1.807, 2.05) is 30.3 Å². The summed E-state index contributed by atoms with van der Waals surface area (Å²) in [7, 11) is 0. The van der Waals surface area contributed by atoms with E-state index in [1.54, 1.807) is 13.0 Å². The highest BCUT2D eigenvalue weighted by Crippen LogP contribution is 2.16. The number of rotatable bonds is 2. The lowest BCUT2D eigenvalue weighted by atomic mass is 10.1. The molecule has 3 nitrogen and oxygen atoms in total. The lowest BCUT2D eigenvalue weighted by molar-refractivity contribution is 0.111. The van der Waals surface area contributed by atoms with Crippen molar-refractivity contribution in [3.8, 4) is 11.3 Å². The molecule has 0 atom stereocenters. The quantitative estimate of drug-likeness (QED) is 0.695. The van der Waals surface area contributed by atoms with Crippen LogP contribution < -0.4 is 0 Å². The van der Waals surface area contributed by atoms with Gasteiger partial charge in [0.2, 0.25) is 0 Å². The smallest absolute Gasteiger partial charge is 0.168 e. The summed E-state index contributed by atoms with van der Waals surface area (Å²) in [4.78, 5) is 18.9. The van der Waals surface area contributed by atoms with E-state index in [9.17, 15) is 4.79 Å². The number of aldehydes is 1. The third-order valence-corrected chi connectivity index (χ3v) is 2.05. The number of carbonyl (C=O) groups is 1. The highest BCUT2D eigenvalue weighted by Gasteiger charge is 2.02. The summed E-state index contributed by atoms with van der Waals surface area (Å²) in [6.07, 6.45) is 0.737. The Labute approximate surface area is 87.8 Å². The first-order chi connectivity index (χ1) is 7.29. The minimum absolute atomic E-state index is 0.418. The van der Waals surface area contributed by atoms with Crippen molar-refractivity contribution in [2.75, 3.05) is 0 Å². The van der Waals surface area contributed by atoms with E-state index < -0.39 is 0 Å². The van der Waals surface area contributed by atoms with E-state index in [2.05, 4.69) is 9.97 Å². The zero-order chi connectivity index (χ0) is 10.7. The molecule has 0 N–H and O–H groups in total. The van der Waals surface area contributed by atoms with Crippen LogP contribution in [0.2, 0.25) is 0 Å². The van der Waals surface area contributed by atoms with E-state index in [1.165, 1.54) is 0 Å². The first-order valence-corrected chi connectivity index (χ1v) is 4.66. The maximum absolute atomic E-state index is 10.7. The molecule has 1 heterocycles. The summed E-state index contributed by atoms with van der Waals surface area (Å²) in [5.41, 5.74) is 2.19. The number of benzene rings is 1. The molecule has 0 aliphatic carbocycles. The van der Waals surface area contributed by atoms with Crippen LogP contribution in [0.1, 0.15) is 16.3 Å². The van der Waals surface area contributed by atoms with Crippen LogP contribution in [0.15, 0.2) is 36.4 Å². The van der Waals surface area contributed by atoms with Crippen LogP contribution in [0.25, 0.3) is 11.3 Å². The molecule has 0 spiro atoms. The van der Waals surface area contributed by atoms with Gasteiger partial charge in [-0.1, -0.05) is 30.3 Å². The predicted octanol–water partition coefficient (Wildman–Crippen LogP) is 2.26. The zero-order valence-electron chi connectivity index (χ0n) is 8.34. The average Bonchev–Trinajstić information content (AvgIpc) is 2.29. The normalized spacial score (nSPS) is 9.93. The maximum atomic E-state index is 10.7. The summed E-state index contributed by atoms with van der Waals surface area (Å²) in [5.74, 6) is 0.610. The monoisotopic (exact) mass is 198 g/mol. The van der Waals surface area contributed by atoms with Crippen LogP contribution in [0, 0.1) is 6.92 Å². The average molecular weight is 198 g/mol. The lowest BCUT2D eigenvalue weighted by Gasteiger charge is -2.02. The number of hydrogen-bond donors (Lipinski definition) is 0. The molecular weight excluding hydrogens is 188 g/mol. The molecule has 0 aliphatic heterocycles. The molecule has 2 aromatic rings. The molecule has 0 unspecified atom stereocenters. The lowest BCUT2D eigenvalue weighted by Crippen LogP contribution is -1.96. The first-order valence-electron chi connectivity index (χ1n) is 4.66. The van der Waals surface area contributed by atoms with Crippen molar-refractivity contribution in [1.29, 1.82) is 0 Å². The molecule has 0 saturated heterocycles. The van der Waals surface area contributed by atoms with Crippen molar-refractivity contribution in [3.63, 3.8) is 0 Å². The summed E-state index contributed by atoms with van der Waals surface area (Å²) >= 11 is 0. The zero-order valence-corrected chi connectivity index (χ0v) is 8.34. The number of hydrogen-bond acceptors (Lipinski definition) is 3. The Hall–Kier alpha value is -2.03. The fourth-order valence-corrected chi connectivity index (χ4v) is 1.41. The van der Waals surface area contributed by atoms with Crippen molar-refractivity contribution in [1.82, 2.24) is 9.97 Å². The number of nitrogens with zero attached hydrogens (tertiary/aromatic N) is 2. The third-order valence-electron chi connectivity index (χ3n) is 2.05. The molecular formula is C12H10N2O. The Kier molecular flexibility index (Phi) is 2.54. The van der Waals surface area contributed by atoms with Crippen LogP contribution in [0.5, 0.6) is 0 Å². The van der Waals surface area contributed by atoms with Gasteiger partial charge in [0.1, 0.15) is 11.5 Å². The van der Waals surface area contributed by atoms with Gasteiger partial charge in [-0.2, -0.15) is 0 Å². The molecule has 0 saturated carbocycles. The van der Waals surface area contributed by atoms with E-state index in [0.717, 1.165) is 17.5 Å². The number of aromatic nitrogens is 2. The van der Waals surface area contributed by atoms with Crippen LogP contribution in [0.4, 0.5) is 0 Å². The summed E-state index contributed by atoms with van der Waals surface area (Å²) in [5, 5.41) is 0.